The highest BCUT2D eigenvalue weighted by atomic mass is 16.2. The summed E-state index contributed by atoms with van der Waals surface area (Å²) in [4.78, 5) is 25.8. The smallest absolute Gasteiger partial charge is 0.253 e. The second kappa shape index (κ2) is 7.11. The number of likely N-dealkylation sites (tertiary alicyclic amines) is 1. The molecule has 1 heterocycles. The topological polar surface area (TPSA) is 61.4 Å². The SMILES string of the molecule is CCNc1ccccc1C(=O)NC(C)CN1CCCC1=O. The number of hydrogen-bond acceptors (Lipinski definition) is 3. The largest absolute Gasteiger partial charge is 0.385 e. The van der Waals surface area contributed by atoms with E-state index in [1.54, 1.807) is 6.07 Å². The van der Waals surface area contributed by atoms with Crippen molar-refractivity contribution in [1.82, 2.24) is 10.2 Å². The molecule has 1 atom stereocenters. The summed E-state index contributed by atoms with van der Waals surface area (Å²) in [7, 11) is 0. The molecular weight excluding hydrogens is 266 g/mol. The highest BCUT2D eigenvalue weighted by Crippen LogP contribution is 2.15. The zero-order valence-corrected chi connectivity index (χ0v) is 12.7. The van der Waals surface area contributed by atoms with E-state index in [2.05, 4.69) is 10.6 Å². The van der Waals surface area contributed by atoms with E-state index in [4.69, 9.17) is 0 Å². The van der Waals surface area contributed by atoms with E-state index < -0.39 is 0 Å². The summed E-state index contributed by atoms with van der Waals surface area (Å²) in [6, 6.07) is 7.40. The molecule has 0 spiro atoms. The van der Waals surface area contributed by atoms with Crippen LogP contribution in [0.1, 0.15) is 37.0 Å². The third-order valence-corrected chi connectivity index (χ3v) is 3.58. The van der Waals surface area contributed by atoms with Crippen LogP contribution >= 0.6 is 0 Å². The fourth-order valence-corrected chi connectivity index (χ4v) is 2.60. The second-order valence-electron chi connectivity index (χ2n) is 5.39. The number of hydrogen-bond donors (Lipinski definition) is 2. The van der Waals surface area contributed by atoms with Gasteiger partial charge in [-0.2, -0.15) is 0 Å². The van der Waals surface area contributed by atoms with Gasteiger partial charge in [0.05, 0.1) is 5.56 Å². The average molecular weight is 289 g/mol. The van der Waals surface area contributed by atoms with Gasteiger partial charge < -0.3 is 15.5 Å². The molecule has 2 rings (SSSR count). The van der Waals surface area contributed by atoms with Crippen LogP contribution in [-0.4, -0.2) is 42.4 Å². The lowest BCUT2D eigenvalue weighted by Crippen LogP contribution is -2.42. The molecule has 0 saturated carbocycles. The predicted octanol–water partition coefficient (Wildman–Crippen LogP) is 1.86. The summed E-state index contributed by atoms with van der Waals surface area (Å²) in [6.45, 7) is 6.07. The number of para-hydroxylation sites is 1. The van der Waals surface area contributed by atoms with Gasteiger partial charge in [0, 0.05) is 37.8 Å². The molecule has 5 heteroatoms. The van der Waals surface area contributed by atoms with E-state index in [-0.39, 0.29) is 17.9 Å². The molecular formula is C16H23N3O2. The number of nitrogens with zero attached hydrogens (tertiary/aromatic N) is 1. The number of rotatable bonds is 6. The molecule has 0 aromatic heterocycles. The number of amides is 2. The van der Waals surface area contributed by atoms with Crippen LogP contribution < -0.4 is 10.6 Å². The molecule has 1 aromatic rings. The van der Waals surface area contributed by atoms with Crippen LogP contribution in [0, 0.1) is 0 Å². The maximum absolute atomic E-state index is 12.4. The lowest BCUT2D eigenvalue weighted by Gasteiger charge is -2.22. The summed E-state index contributed by atoms with van der Waals surface area (Å²) < 4.78 is 0. The highest BCUT2D eigenvalue weighted by molar-refractivity contribution is 5.99. The quantitative estimate of drug-likeness (QED) is 0.840. The van der Waals surface area contributed by atoms with Gasteiger partial charge in [-0.15, -0.1) is 0 Å². The maximum Gasteiger partial charge on any atom is 0.253 e. The molecule has 2 amide bonds. The van der Waals surface area contributed by atoms with Crippen molar-refractivity contribution in [3.8, 4) is 0 Å². The fraction of sp³-hybridized carbons (Fsp3) is 0.500. The van der Waals surface area contributed by atoms with Gasteiger partial charge >= 0.3 is 0 Å². The number of nitrogens with one attached hydrogen (secondary N) is 2. The molecule has 1 aliphatic heterocycles. The first kappa shape index (κ1) is 15.4. The van der Waals surface area contributed by atoms with Crippen molar-refractivity contribution in [3.05, 3.63) is 29.8 Å². The molecule has 1 saturated heterocycles. The van der Waals surface area contributed by atoms with Gasteiger partial charge in [-0.05, 0) is 32.4 Å². The fourth-order valence-electron chi connectivity index (χ4n) is 2.60. The summed E-state index contributed by atoms with van der Waals surface area (Å²) in [5.41, 5.74) is 1.47. The van der Waals surface area contributed by atoms with E-state index in [1.807, 2.05) is 36.9 Å². The van der Waals surface area contributed by atoms with Crippen LogP contribution in [0.5, 0.6) is 0 Å². The first-order chi connectivity index (χ1) is 10.1. The highest BCUT2D eigenvalue weighted by Gasteiger charge is 2.22. The summed E-state index contributed by atoms with van der Waals surface area (Å²) in [5.74, 6) is 0.0786. The molecule has 0 radical (unpaired) electrons. The minimum Gasteiger partial charge on any atom is -0.385 e. The Morgan fingerprint density at radius 1 is 1.38 bits per heavy atom. The van der Waals surface area contributed by atoms with Crippen LogP contribution in [-0.2, 0) is 4.79 Å². The molecule has 1 fully saturated rings. The minimum atomic E-state index is -0.106. The first-order valence-corrected chi connectivity index (χ1v) is 7.53. The van der Waals surface area contributed by atoms with Gasteiger partial charge in [-0.1, -0.05) is 12.1 Å². The molecule has 1 aliphatic rings. The van der Waals surface area contributed by atoms with Crippen LogP contribution in [0.2, 0.25) is 0 Å². The van der Waals surface area contributed by atoms with E-state index >= 15 is 0 Å². The molecule has 1 aromatic carbocycles. The standard InChI is InChI=1S/C16H23N3O2/c1-3-17-14-8-5-4-7-13(14)16(21)18-12(2)11-19-10-6-9-15(19)20/h4-5,7-8,12,17H,3,6,9-11H2,1-2H3,(H,18,21). The maximum atomic E-state index is 12.4. The Hall–Kier alpha value is -2.04. The Labute approximate surface area is 125 Å². The van der Waals surface area contributed by atoms with Crippen molar-refractivity contribution < 1.29 is 9.59 Å². The Morgan fingerprint density at radius 2 is 2.14 bits per heavy atom. The lowest BCUT2D eigenvalue weighted by molar-refractivity contribution is -0.127. The van der Waals surface area contributed by atoms with E-state index in [1.165, 1.54) is 0 Å². The zero-order valence-electron chi connectivity index (χ0n) is 12.7. The number of anilines is 1. The van der Waals surface area contributed by atoms with Gasteiger partial charge in [-0.25, -0.2) is 0 Å². The Bertz CT molecular complexity index is 516. The van der Waals surface area contributed by atoms with Crippen LogP contribution in [0.4, 0.5) is 5.69 Å². The molecule has 21 heavy (non-hydrogen) atoms. The number of benzene rings is 1. The van der Waals surface area contributed by atoms with Gasteiger partial charge in [-0.3, -0.25) is 9.59 Å². The summed E-state index contributed by atoms with van der Waals surface area (Å²) in [5, 5.41) is 6.15. The van der Waals surface area contributed by atoms with E-state index in [0.717, 1.165) is 25.2 Å². The van der Waals surface area contributed by atoms with Crippen LogP contribution in [0.15, 0.2) is 24.3 Å². The summed E-state index contributed by atoms with van der Waals surface area (Å²) >= 11 is 0. The van der Waals surface area contributed by atoms with Crippen molar-refractivity contribution >= 4 is 17.5 Å². The number of carbonyl (C=O) groups is 2. The van der Waals surface area contributed by atoms with Crippen molar-refractivity contribution in [2.45, 2.75) is 32.7 Å². The van der Waals surface area contributed by atoms with E-state index in [9.17, 15) is 9.59 Å². The summed E-state index contributed by atoms with van der Waals surface area (Å²) in [6.07, 6.45) is 1.55. The monoisotopic (exact) mass is 289 g/mol. The molecule has 2 N–H and O–H groups in total. The zero-order chi connectivity index (χ0) is 15.2. The van der Waals surface area contributed by atoms with Crippen molar-refractivity contribution in [2.75, 3.05) is 25.0 Å². The predicted molar refractivity (Wildman–Crippen MR) is 83.3 cm³/mol. The minimum absolute atomic E-state index is 0.0609. The van der Waals surface area contributed by atoms with Gasteiger partial charge in [0.15, 0.2) is 0 Å². The van der Waals surface area contributed by atoms with E-state index in [0.29, 0.717) is 18.5 Å². The van der Waals surface area contributed by atoms with Crippen molar-refractivity contribution in [1.29, 1.82) is 0 Å². The van der Waals surface area contributed by atoms with Crippen molar-refractivity contribution in [2.24, 2.45) is 0 Å². The van der Waals surface area contributed by atoms with Crippen LogP contribution in [0.25, 0.3) is 0 Å². The van der Waals surface area contributed by atoms with Crippen LogP contribution in [0.3, 0.4) is 0 Å². The Kier molecular flexibility index (Phi) is 5.20. The third kappa shape index (κ3) is 3.97. The average Bonchev–Trinajstić information content (AvgIpc) is 2.85. The van der Waals surface area contributed by atoms with Gasteiger partial charge in [0.2, 0.25) is 5.91 Å². The molecule has 5 nitrogen and oxygen atoms in total. The molecule has 0 bridgehead atoms. The lowest BCUT2D eigenvalue weighted by atomic mass is 10.1. The number of carbonyl (C=O) groups excluding carboxylic acids is 2. The van der Waals surface area contributed by atoms with Gasteiger partial charge in [0.25, 0.3) is 5.91 Å². The molecule has 1 unspecified atom stereocenters. The van der Waals surface area contributed by atoms with Gasteiger partial charge in [0.1, 0.15) is 0 Å². The first-order valence-electron chi connectivity index (χ1n) is 7.53. The normalized spacial score (nSPS) is 15.9. The van der Waals surface area contributed by atoms with Crippen molar-refractivity contribution in [3.63, 3.8) is 0 Å². The Morgan fingerprint density at radius 3 is 2.81 bits per heavy atom. The molecule has 114 valence electrons. The Balaban J connectivity index is 1.96. The molecule has 0 aliphatic carbocycles. The third-order valence-electron chi connectivity index (χ3n) is 3.58. The second-order valence-corrected chi connectivity index (χ2v) is 5.39.